The first-order valence-corrected chi connectivity index (χ1v) is 7.40. The van der Waals surface area contributed by atoms with Gasteiger partial charge in [0.2, 0.25) is 0 Å². The summed E-state index contributed by atoms with van der Waals surface area (Å²) in [5.74, 6) is 0. The van der Waals surface area contributed by atoms with Gasteiger partial charge in [-0.3, -0.25) is 0 Å². The molecule has 1 N–H and O–H groups in total. The minimum absolute atomic E-state index is 0.0609. The van der Waals surface area contributed by atoms with Crippen molar-refractivity contribution in [1.29, 1.82) is 0 Å². The summed E-state index contributed by atoms with van der Waals surface area (Å²) < 4.78 is 6.12. The van der Waals surface area contributed by atoms with Crippen LogP contribution < -0.4 is 5.32 Å². The van der Waals surface area contributed by atoms with Gasteiger partial charge in [-0.1, -0.05) is 71.9 Å². The predicted octanol–water partition coefficient (Wildman–Crippen LogP) is 4.55. The zero-order chi connectivity index (χ0) is 14.8. The number of ether oxygens (including phenoxy) is 1. The van der Waals surface area contributed by atoms with Crippen molar-refractivity contribution in [2.75, 3.05) is 0 Å². The van der Waals surface area contributed by atoms with Gasteiger partial charge in [-0.15, -0.1) is 0 Å². The van der Waals surface area contributed by atoms with Gasteiger partial charge in [-0.25, -0.2) is 4.79 Å². The SMILES string of the molecule is C=C/C(Br)=C/CC(CC)NC(=O)OCc1ccccc1. The molecule has 0 saturated carbocycles. The summed E-state index contributed by atoms with van der Waals surface area (Å²) in [7, 11) is 0. The maximum atomic E-state index is 11.7. The van der Waals surface area contributed by atoms with E-state index in [2.05, 4.69) is 27.8 Å². The average Bonchev–Trinajstić information content (AvgIpc) is 2.49. The highest BCUT2D eigenvalue weighted by atomic mass is 79.9. The molecule has 0 spiro atoms. The Morgan fingerprint density at radius 2 is 2.15 bits per heavy atom. The lowest BCUT2D eigenvalue weighted by Gasteiger charge is -2.15. The first-order chi connectivity index (χ1) is 9.65. The third-order valence-electron chi connectivity index (χ3n) is 2.82. The van der Waals surface area contributed by atoms with Crippen LogP contribution in [0.3, 0.4) is 0 Å². The highest BCUT2D eigenvalue weighted by Crippen LogP contribution is 2.10. The maximum Gasteiger partial charge on any atom is 0.407 e. The highest BCUT2D eigenvalue weighted by molar-refractivity contribution is 9.11. The number of allylic oxidation sites excluding steroid dienone is 2. The number of benzene rings is 1. The quantitative estimate of drug-likeness (QED) is 0.741. The fraction of sp³-hybridized carbons (Fsp3) is 0.312. The Morgan fingerprint density at radius 1 is 1.45 bits per heavy atom. The summed E-state index contributed by atoms with van der Waals surface area (Å²) in [6.45, 7) is 5.97. The molecule has 0 aromatic heterocycles. The Morgan fingerprint density at radius 3 is 2.75 bits per heavy atom. The molecule has 0 bridgehead atoms. The Kier molecular flexibility index (Phi) is 7.73. The van der Waals surface area contributed by atoms with Gasteiger partial charge < -0.3 is 10.1 Å². The van der Waals surface area contributed by atoms with Crippen LogP contribution in [-0.4, -0.2) is 12.1 Å². The largest absolute Gasteiger partial charge is 0.445 e. The first kappa shape index (κ1) is 16.5. The second-order valence-corrected chi connectivity index (χ2v) is 5.26. The van der Waals surface area contributed by atoms with Crippen molar-refractivity contribution in [1.82, 2.24) is 5.32 Å². The van der Waals surface area contributed by atoms with E-state index in [1.54, 1.807) is 6.08 Å². The van der Waals surface area contributed by atoms with Crippen LogP contribution in [0.2, 0.25) is 0 Å². The van der Waals surface area contributed by atoms with E-state index in [0.29, 0.717) is 0 Å². The molecule has 108 valence electrons. The standard InChI is InChI=1S/C16H20BrNO2/c1-3-14(17)10-11-15(4-2)18-16(19)20-12-13-8-6-5-7-9-13/h3,5-10,15H,1,4,11-12H2,2H3,(H,18,19)/b14-10-. The smallest absolute Gasteiger partial charge is 0.407 e. The molecule has 4 heteroatoms. The summed E-state index contributed by atoms with van der Waals surface area (Å²) in [5, 5.41) is 2.86. The Balaban J connectivity index is 2.37. The second kappa shape index (κ2) is 9.37. The van der Waals surface area contributed by atoms with Crippen molar-refractivity contribution in [3.05, 3.63) is 59.1 Å². The van der Waals surface area contributed by atoms with Gasteiger partial charge in [0.1, 0.15) is 6.61 Å². The molecular formula is C16H20BrNO2. The van der Waals surface area contributed by atoms with Crippen molar-refractivity contribution in [2.24, 2.45) is 0 Å². The second-order valence-electron chi connectivity index (χ2n) is 4.34. The number of rotatable bonds is 7. The van der Waals surface area contributed by atoms with E-state index in [9.17, 15) is 4.79 Å². The highest BCUT2D eigenvalue weighted by Gasteiger charge is 2.10. The van der Waals surface area contributed by atoms with Gasteiger partial charge in [0.05, 0.1) is 0 Å². The lowest BCUT2D eigenvalue weighted by molar-refractivity contribution is 0.135. The topological polar surface area (TPSA) is 38.3 Å². The van der Waals surface area contributed by atoms with Crippen molar-refractivity contribution < 1.29 is 9.53 Å². The molecule has 1 rings (SSSR count). The molecular weight excluding hydrogens is 318 g/mol. The average molecular weight is 338 g/mol. The van der Waals surface area contributed by atoms with Crippen LogP contribution in [-0.2, 0) is 11.3 Å². The van der Waals surface area contributed by atoms with Gasteiger partial charge in [0.15, 0.2) is 0 Å². The molecule has 20 heavy (non-hydrogen) atoms. The minimum atomic E-state index is -0.385. The lowest BCUT2D eigenvalue weighted by atomic mass is 10.1. The zero-order valence-electron chi connectivity index (χ0n) is 11.6. The summed E-state index contributed by atoms with van der Waals surface area (Å²) in [6, 6.07) is 9.68. The van der Waals surface area contributed by atoms with E-state index in [1.165, 1.54) is 0 Å². The van der Waals surface area contributed by atoms with Crippen LogP contribution in [0.15, 0.2) is 53.5 Å². The van der Waals surface area contributed by atoms with Gasteiger partial charge >= 0.3 is 6.09 Å². The summed E-state index contributed by atoms with van der Waals surface area (Å²) >= 11 is 3.36. The number of alkyl carbamates (subject to hydrolysis) is 1. The predicted molar refractivity (Wildman–Crippen MR) is 85.7 cm³/mol. The van der Waals surface area contributed by atoms with E-state index in [-0.39, 0.29) is 18.7 Å². The van der Waals surface area contributed by atoms with Crippen LogP contribution in [0.1, 0.15) is 25.3 Å². The van der Waals surface area contributed by atoms with Crippen molar-refractivity contribution in [3.63, 3.8) is 0 Å². The van der Waals surface area contributed by atoms with E-state index >= 15 is 0 Å². The molecule has 0 heterocycles. The monoisotopic (exact) mass is 337 g/mol. The molecule has 0 fully saturated rings. The van der Waals surface area contributed by atoms with E-state index < -0.39 is 0 Å². The summed E-state index contributed by atoms with van der Waals surface area (Å²) in [6.07, 6.45) is 4.90. The molecule has 0 aliphatic rings. The molecule has 3 nitrogen and oxygen atoms in total. The number of halogens is 1. The first-order valence-electron chi connectivity index (χ1n) is 6.61. The van der Waals surface area contributed by atoms with Gasteiger partial charge in [-0.2, -0.15) is 0 Å². The van der Waals surface area contributed by atoms with Gasteiger partial charge in [0.25, 0.3) is 0 Å². The number of amides is 1. The maximum absolute atomic E-state index is 11.7. The third-order valence-corrected chi connectivity index (χ3v) is 3.47. The Labute approximate surface area is 128 Å². The summed E-state index contributed by atoms with van der Waals surface area (Å²) in [4.78, 5) is 11.7. The number of carbonyl (C=O) groups excluding carboxylic acids is 1. The molecule has 1 unspecified atom stereocenters. The van der Waals surface area contributed by atoms with Crippen LogP contribution in [0.5, 0.6) is 0 Å². The molecule has 0 radical (unpaired) electrons. The molecule has 1 aromatic carbocycles. The van der Waals surface area contributed by atoms with Crippen molar-refractivity contribution in [3.8, 4) is 0 Å². The van der Waals surface area contributed by atoms with Crippen molar-refractivity contribution >= 4 is 22.0 Å². The molecule has 0 saturated heterocycles. The summed E-state index contributed by atoms with van der Waals surface area (Å²) in [5.41, 5.74) is 0.977. The number of nitrogens with one attached hydrogen (secondary N) is 1. The number of hydrogen-bond acceptors (Lipinski definition) is 2. The van der Waals surface area contributed by atoms with Crippen LogP contribution >= 0.6 is 15.9 Å². The minimum Gasteiger partial charge on any atom is -0.445 e. The van der Waals surface area contributed by atoms with Crippen LogP contribution in [0.25, 0.3) is 0 Å². The zero-order valence-corrected chi connectivity index (χ0v) is 13.2. The molecule has 1 atom stereocenters. The normalized spacial score (nSPS) is 12.6. The molecule has 0 aliphatic carbocycles. The van der Waals surface area contributed by atoms with E-state index in [4.69, 9.17) is 4.74 Å². The Bertz CT molecular complexity index is 457. The van der Waals surface area contributed by atoms with Crippen LogP contribution in [0, 0.1) is 0 Å². The van der Waals surface area contributed by atoms with E-state index in [0.717, 1.165) is 22.9 Å². The van der Waals surface area contributed by atoms with E-state index in [1.807, 2.05) is 43.3 Å². The lowest BCUT2D eigenvalue weighted by Crippen LogP contribution is -2.34. The van der Waals surface area contributed by atoms with Crippen molar-refractivity contribution in [2.45, 2.75) is 32.4 Å². The fourth-order valence-corrected chi connectivity index (χ4v) is 1.78. The van der Waals surface area contributed by atoms with Crippen LogP contribution in [0.4, 0.5) is 4.79 Å². The van der Waals surface area contributed by atoms with Gasteiger partial charge in [0, 0.05) is 10.5 Å². The number of carbonyl (C=O) groups is 1. The third kappa shape index (κ3) is 6.57. The molecule has 1 aromatic rings. The fourth-order valence-electron chi connectivity index (χ4n) is 1.60. The molecule has 1 amide bonds. The van der Waals surface area contributed by atoms with Gasteiger partial charge in [-0.05, 0) is 18.4 Å². The number of hydrogen-bond donors (Lipinski definition) is 1. The Hall–Kier alpha value is -1.55. The molecule has 0 aliphatic heterocycles.